The quantitative estimate of drug-likeness (QED) is 0.506. The van der Waals surface area contributed by atoms with E-state index in [1.54, 1.807) is 36.4 Å². The van der Waals surface area contributed by atoms with E-state index in [1.165, 1.54) is 22.2 Å². The number of rotatable bonds is 7. The molecule has 0 atom stereocenters. The number of imide groups is 1. The van der Waals surface area contributed by atoms with Gasteiger partial charge in [-0.15, -0.1) is 0 Å². The van der Waals surface area contributed by atoms with Crippen LogP contribution in [-0.2, 0) is 4.79 Å². The molecule has 0 aliphatic carbocycles. The third-order valence-electron chi connectivity index (χ3n) is 5.22. The minimum Gasteiger partial charge on any atom is -0.491 e. The van der Waals surface area contributed by atoms with Gasteiger partial charge in [-0.2, -0.15) is 0 Å². The highest BCUT2D eigenvalue weighted by atomic mass is 16.5. The number of benzene rings is 2. The summed E-state index contributed by atoms with van der Waals surface area (Å²) in [7, 11) is 0. The number of carbonyl (C=O) groups is 2. The van der Waals surface area contributed by atoms with Crippen molar-refractivity contribution in [3.63, 3.8) is 0 Å². The predicted molar refractivity (Wildman–Crippen MR) is 129 cm³/mol. The summed E-state index contributed by atoms with van der Waals surface area (Å²) in [6, 6.07) is 13.5. The van der Waals surface area contributed by atoms with Gasteiger partial charge in [-0.3, -0.25) is 9.69 Å². The third kappa shape index (κ3) is 4.78. The fourth-order valence-electron chi connectivity index (χ4n) is 3.70. The largest absolute Gasteiger partial charge is 0.491 e. The van der Waals surface area contributed by atoms with Gasteiger partial charge >= 0.3 is 6.03 Å². The second kappa shape index (κ2) is 9.38. The Morgan fingerprint density at radius 3 is 2.47 bits per heavy atom. The lowest BCUT2D eigenvalue weighted by Gasteiger charge is -2.20. The van der Waals surface area contributed by atoms with Crippen LogP contribution in [0.5, 0.6) is 17.4 Å². The first-order chi connectivity index (χ1) is 16.2. The Hall–Kier alpha value is -4.14. The molecule has 0 radical (unpaired) electrons. The van der Waals surface area contributed by atoms with Crippen molar-refractivity contribution in [2.24, 2.45) is 0 Å². The molecule has 4 rings (SSSR count). The van der Waals surface area contributed by atoms with E-state index in [1.807, 2.05) is 33.8 Å². The molecule has 176 valence electrons. The molecule has 0 spiro atoms. The highest BCUT2D eigenvalue weighted by Gasteiger charge is 2.38. The lowest BCUT2D eigenvalue weighted by Crippen LogP contribution is -2.33. The number of hydrogen-bond acceptors (Lipinski definition) is 7. The van der Waals surface area contributed by atoms with Crippen molar-refractivity contribution in [1.29, 1.82) is 0 Å². The predicted octanol–water partition coefficient (Wildman–Crippen LogP) is 4.73. The summed E-state index contributed by atoms with van der Waals surface area (Å²) in [4.78, 5) is 36.7. The van der Waals surface area contributed by atoms with Gasteiger partial charge in [0.25, 0.3) is 5.91 Å². The van der Waals surface area contributed by atoms with Gasteiger partial charge in [-0.1, -0.05) is 19.9 Å². The second-order valence-electron chi connectivity index (χ2n) is 8.52. The molecule has 1 aliphatic rings. The van der Waals surface area contributed by atoms with Crippen LogP contribution < -0.4 is 25.0 Å². The van der Waals surface area contributed by atoms with E-state index < -0.39 is 6.03 Å². The van der Waals surface area contributed by atoms with Gasteiger partial charge in [0.05, 0.1) is 11.8 Å². The van der Waals surface area contributed by atoms with Crippen LogP contribution in [0.15, 0.2) is 54.9 Å². The Kier molecular flexibility index (Phi) is 6.36. The van der Waals surface area contributed by atoms with Crippen molar-refractivity contribution < 1.29 is 19.1 Å². The molecule has 9 nitrogen and oxygen atoms in total. The summed E-state index contributed by atoms with van der Waals surface area (Å²) in [6.45, 7) is 7.80. The number of anilines is 3. The van der Waals surface area contributed by atoms with Crippen LogP contribution >= 0.6 is 0 Å². The first kappa shape index (κ1) is 23.0. The minimum absolute atomic E-state index is 0.00311. The molecule has 0 saturated carbocycles. The molecule has 9 heteroatoms. The number of urea groups is 1. The van der Waals surface area contributed by atoms with Gasteiger partial charge in [-0.25, -0.2) is 19.7 Å². The Morgan fingerprint density at radius 2 is 1.76 bits per heavy atom. The fourth-order valence-corrected chi connectivity index (χ4v) is 3.70. The van der Waals surface area contributed by atoms with Crippen LogP contribution in [0.4, 0.5) is 22.0 Å². The molecule has 2 aromatic carbocycles. The van der Waals surface area contributed by atoms with Gasteiger partial charge in [0.1, 0.15) is 30.2 Å². The summed E-state index contributed by atoms with van der Waals surface area (Å²) in [5, 5.41) is 0. The molecule has 0 unspecified atom stereocenters. The zero-order valence-corrected chi connectivity index (χ0v) is 19.6. The number of nitrogens with two attached hydrogens (primary N) is 1. The van der Waals surface area contributed by atoms with E-state index in [0.717, 1.165) is 5.56 Å². The molecule has 34 heavy (non-hydrogen) atoms. The topological polar surface area (TPSA) is 111 Å². The van der Waals surface area contributed by atoms with Crippen molar-refractivity contribution >= 4 is 29.1 Å². The number of aromatic nitrogens is 2. The molecule has 1 aromatic heterocycles. The molecular formula is C25H27N5O4. The molecule has 2 heterocycles. The van der Waals surface area contributed by atoms with Crippen LogP contribution in [0.3, 0.4) is 0 Å². The summed E-state index contributed by atoms with van der Waals surface area (Å²) >= 11 is 0. The van der Waals surface area contributed by atoms with E-state index in [9.17, 15) is 9.59 Å². The van der Waals surface area contributed by atoms with Crippen molar-refractivity contribution in [2.45, 2.75) is 39.7 Å². The second-order valence-corrected chi connectivity index (χ2v) is 8.52. The summed E-state index contributed by atoms with van der Waals surface area (Å²) in [5.74, 6) is 1.55. The maximum absolute atomic E-state index is 13.3. The molecule has 0 bridgehead atoms. The Balaban J connectivity index is 1.62. The van der Waals surface area contributed by atoms with E-state index in [2.05, 4.69) is 9.97 Å². The van der Waals surface area contributed by atoms with E-state index in [-0.39, 0.29) is 24.5 Å². The van der Waals surface area contributed by atoms with Crippen molar-refractivity contribution in [2.75, 3.05) is 22.1 Å². The number of amides is 3. The number of nitrogen functional groups attached to an aromatic ring is 1. The van der Waals surface area contributed by atoms with Gasteiger partial charge in [0.2, 0.25) is 5.88 Å². The highest BCUT2D eigenvalue weighted by Crippen LogP contribution is 2.35. The lowest BCUT2D eigenvalue weighted by atomic mass is 10.0. The number of nitrogens with zero attached hydrogens (tertiary/aromatic N) is 4. The molecular weight excluding hydrogens is 434 g/mol. The smallest absolute Gasteiger partial charge is 0.336 e. The molecule has 3 aromatic rings. The lowest BCUT2D eigenvalue weighted by molar-refractivity contribution is -0.115. The first-order valence-electron chi connectivity index (χ1n) is 11.0. The monoisotopic (exact) mass is 461 g/mol. The zero-order valence-electron chi connectivity index (χ0n) is 19.6. The summed E-state index contributed by atoms with van der Waals surface area (Å²) in [5.41, 5.74) is 7.61. The molecule has 1 saturated heterocycles. The highest BCUT2D eigenvalue weighted by molar-refractivity contribution is 6.27. The first-order valence-corrected chi connectivity index (χ1v) is 11.0. The molecule has 1 fully saturated rings. The van der Waals surface area contributed by atoms with Crippen LogP contribution in [0.2, 0.25) is 0 Å². The number of carbonyl (C=O) groups excluding carboxylic acids is 2. The Labute approximate surface area is 198 Å². The van der Waals surface area contributed by atoms with E-state index in [0.29, 0.717) is 34.6 Å². The standard InChI is InChI=1S/C25H27N5O4/c1-15(2)20-11-18(8-9-21(20)34-23-12-22(26)27-14-28-23)30-24(31)13-29(25(30)32)17-6-5-7-19(10-17)33-16(3)4/h5-12,14-16H,13H2,1-4H3,(H2,26,27,28). The average molecular weight is 462 g/mol. The molecule has 2 N–H and O–H groups in total. The van der Waals surface area contributed by atoms with Crippen molar-refractivity contribution in [3.05, 3.63) is 60.4 Å². The number of hydrogen-bond donors (Lipinski definition) is 1. The van der Waals surface area contributed by atoms with Crippen molar-refractivity contribution in [3.8, 4) is 17.4 Å². The van der Waals surface area contributed by atoms with Crippen LogP contribution in [0.1, 0.15) is 39.2 Å². The maximum atomic E-state index is 13.3. The van der Waals surface area contributed by atoms with Gasteiger partial charge < -0.3 is 15.2 Å². The normalized spacial score (nSPS) is 13.8. The maximum Gasteiger partial charge on any atom is 0.336 e. The van der Waals surface area contributed by atoms with E-state index in [4.69, 9.17) is 15.2 Å². The van der Waals surface area contributed by atoms with Crippen molar-refractivity contribution in [1.82, 2.24) is 9.97 Å². The van der Waals surface area contributed by atoms with Gasteiger partial charge in [-0.05, 0) is 55.7 Å². The summed E-state index contributed by atoms with van der Waals surface area (Å²) < 4.78 is 11.6. The third-order valence-corrected chi connectivity index (χ3v) is 5.22. The van der Waals surface area contributed by atoms with Crippen LogP contribution in [0, 0.1) is 0 Å². The van der Waals surface area contributed by atoms with Crippen LogP contribution in [-0.4, -0.2) is 34.6 Å². The van der Waals surface area contributed by atoms with Crippen LogP contribution in [0.25, 0.3) is 0 Å². The zero-order chi connectivity index (χ0) is 24.4. The SMILES string of the molecule is CC(C)Oc1cccc(N2CC(=O)N(c3ccc(Oc4cc(N)ncn4)c(C(C)C)c3)C2=O)c1. The van der Waals surface area contributed by atoms with E-state index >= 15 is 0 Å². The Bertz CT molecular complexity index is 1230. The minimum atomic E-state index is -0.418. The summed E-state index contributed by atoms with van der Waals surface area (Å²) in [6.07, 6.45) is 1.32. The fraction of sp³-hybridized carbons (Fsp3) is 0.280. The van der Waals surface area contributed by atoms with Gasteiger partial charge in [0, 0.05) is 17.8 Å². The molecule has 3 amide bonds. The molecule has 1 aliphatic heterocycles. The Morgan fingerprint density at radius 1 is 0.971 bits per heavy atom. The van der Waals surface area contributed by atoms with Gasteiger partial charge in [0.15, 0.2) is 0 Å². The number of ether oxygens (including phenoxy) is 2. The average Bonchev–Trinajstić information content (AvgIpc) is 3.07.